The molecule has 0 amide bonds. The van der Waals surface area contributed by atoms with E-state index in [9.17, 15) is 14.7 Å². The number of nitrogens with one attached hydrogen (secondary N) is 2. The first kappa shape index (κ1) is 22.7. The number of aliphatic carboxylic acids is 1. The van der Waals surface area contributed by atoms with Gasteiger partial charge >= 0.3 is 5.97 Å². The maximum absolute atomic E-state index is 12.9. The molecule has 0 bridgehead atoms. The van der Waals surface area contributed by atoms with Gasteiger partial charge in [-0.15, -0.1) is 0 Å². The monoisotopic (exact) mass is 474 g/mol. The molecule has 2 aromatic heterocycles. The molecular weight excluding hydrogens is 448 g/mol. The molecule has 0 radical (unpaired) electrons. The summed E-state index contributed by atoms with van der Waals surface area (Å²) in [5.41, 5.74) is 2.34. The molecule has 9 heteroatoms. The Labute approximate surface area is 202 Å². The van der Waals surface area contributed by atoms with Gasteiger partial charge in [0.25, 0.3) is 0 Å². The van der Waals surface area contributed by atoms with Crippen LogP contribution in [0.25, 0.3) is 17.1 Å². The third-order valence-corrected chi connectivity index (χ3v) is 6.19. The number of hydrogen-bond donors (Lipinski definition) is 3. The van der Waals surface area contributed by atoms with E-state index in [2.05, 4.69) is 20.2 Å². The number of hydrogen-bond acceptors (Lipinski definition) is 7. The number of carboxylic acid groups (broad SMARTS) is 1. The molecule has 1 saturated heterocycles. The van der Waals surface area contributed by atoms with Gasteiger partial charge in [0.1, 0.15) is 18.0 Å². The fourth-order valence-corrected chi connectivity index (χ4v) is 4.34. The van der Waals surface area contributed by atoms with E-state index in [4.69, 9.17) is 9.47 Å². The smallest absolute Gasteiger partial charge is 0.345 e. The number of H-pyrrole nitrogens is 1. The molecule has 3 N–H and O–H groups in total. The van der Waals surface area contributed by atoms with Crippen LogP contribution in [-0.4, -0.2) is 58.0 Å². The van der Waals surface area contributed by atoms with Crippen LogP contribution in [0.5, 0.6) is 5.75 Å². The highest BCUT2D eigenvalue weighted by molar-refractivity contribution is 6.26. The molecule has 1 aromatic carbocycles. The number of carboxylic acids is 1. The van der Waals surface area contributed by atoms with Gasteiger partial charge in [0.05, 0.1) is 0 Å². The first-order valence-corrected chi connectivity index (χ1v) is 11.6. The highest BCUT2D eigenvalue weighted by Gasteiger charge is 2.36. The summed E-state index contributed by atoms with van der Waals surface area (Å²) < 4.78 is 11.6. The molecule has 0 unspecified atom stereocenters. The largest absolute Gasteiger partial charge is 0.492 e. The van der Waals surface area contributed by atoms with Crippen LogP contribution in [0.2, 0.25) is 0 Å². The summed E-state index contributed by atoms with van der Waals surface area (Å²) in [6.45, 7) is 5.63. The number of anilines is 1. The molecule has 1 fully saturated rings. The number of Topliss-reactive ketones (excluding diaryl/α,β-unsaturated/α-hetero) is 1. The molecule has 0 spiro atoms. The third kappa shape index (κ3) is 4.76. The van der Waals surface area contributed by atoms with Gasteiger partial charge in [0.2, 0.25) is 11.7 Å². The van der Waals surface area contributed by atoms with E-state index in [1.807, 2.05) is 25.1 Å². The molecule has 4 heterocycles. The minimum absolute atomic E-state index is 0.0748. The zero-order valence-corrected chi connectivity index (χ0v) is 19.3. The van der Waals surface area contributed by atoms with Gasteiger partial charge in [-0.3, -0.25) is 9.69 Å². The Hall–Kier alpha value is -4.11. The average molecular weight is 475 g/mol. The van der Waals surface area contributed by atoms with Crippen LogP contribution in [-0.2, 0) is 14.3 Å². The minimum Gasteiger partial charge on any atom is -0.492 e. The number of likely N-dealkylation sites (tertiary alicyclic amines) is 1. The lowest BCUT2D eigenvalue weighted by Crippen LogP contribution is -2.25. The Morgan fingerprint density at radius 1 is 1.31 bits per heavy atom. The number of aryl methyl sites for hydroxylation is 1. The molecular formula is C26H26N4O5. The Morgan fingerprint density at radius 2 is 2.14 bits per heavy atom. The lowest BCUT2D eigenvalue weighted by atomic mass is 10.1. The van der Waals surface area contributed by atoms with Crippen LogP contribution >= 0.6 is 0 Å². The van der Waals surface area contributed by atoms with E-state index >= 15 is 0 Å². The van der Waals surface area contributed by atoms with E-state index in [1.54, 1.807) is 24.5 Å². The number of rotatable bonds is 8. The Bertz CT molecular complexity index is 1350. The fourth-order valence-electron chi connectivity index (χ4n) is 4.34. The van der Waals surface area contributed by atoms with Crippen molar-refractivity contribution < 1.29 is 24.2 Å². The van der Waals surface area contributed by atoms with Gasteiger partial charge in [-0.1, -0.05) is 0 Å². The topological polar surface area (TPSA) is 117 Å². The van der Waals surface area contributed by atoms with Gasteiger partial charge in [-0.2, -0.15) is 0 Å². The SMILES string of the molecule is Cc1cc(OCCN2CCCC2)ccc1NC1=C(C(=O)O)C(=O)C(=Cc2c[nH]c3ncccc23)O1. The quantitative estimate of drug-likeness (QED) is 0.334. The molecule has 3 aromatic rings. The number of aromatic amines is 1. The summed E-state index contributed by atoms with van der Waals surface area (Å²) in [5.74, 6) is -1.51. The summed E-state index contributed by atoms with van der Waals surface area (Å²) in [5, 5.41) is 13.5. The highest BCUT2D eigenvalue weighted by Crippen LogP contribution is 2.31. The zero-order valence-electron chi connectivity index (χ0n) is 19.3. The standard InChI is InChI=1S/C26H26N4O5/c1-16-13-18(34-12-11-30-9-2-3-10-30)6-7-20(16)29-25-22(26(32)33)23(31)21(35-25)14-17-15-28-24-19(17)5-4-8-27-24/h4-8,13-15,29H,2-3,9-12H2,1H3,(H,27,28)(H,32,33). The number of carbonyl (C=O) groups is 2. The molecule has 0 aliphatic carbocycles. The summed E-state index contributed by atoms with van der Waals surface area (Å²) in [6, 6.07) is 9.11. The molecule has 5 rings (SSSR count). The number of benzene rings is 1. The average Bonchev–Trinajstić information content (AvgIpc) is 3.56. The van der Waals surface area contributed by atoms with Crippen LogP contribution < -0.4 is 10.1 Å². The van der Waals surface area contributed by atoms with E-state index < -0.39 is 17.3 Å². The maximum atomic E-state index is 12.9. The number of fused-ring (bicyclic) bond motifs is 1. The predicted molar refractivity (Wildman–Crippen MR) is 131 cm³/mol. The first-order chi connectivity index (χ1) is 17.0. The second-order valence-corrected chi connectivity index (χ2v) is 8.59. The number of pyridine rings is 1. The second kappa shape index (κ2) is 9.63. The first-order valence-electron chi connectivity index (χ1n) is 11.6. The van der Waals surface area contributed by atoms with Crippen molar-refractivity contribution in [3.8, 4) is 5.75 Å². The van der Waals surface area contributed by atoms with Crippen molar-refractivity contribution in [1.82, 2.24) is 14.9 Å². The highest BCUT2D eigenvalue weighted by atomic mass is 16.5. The van der Waals surface area contributed by atoms with Gasteiger partial charge in [0, 0.05) is 35.6 Å². The van der Waals surface area contributed by atoms with Gasteiger partial charge < -0.3 is 24.9 Å². The molecule has 0 saturated carbocycles. The second-order valence-electron chi connectivity index (χ2n) is 8.59. The number of ether oxygens (including phenoxy) is 2. The molecule has 35 heavy (non-hydrogen) atoms. The van der Waals surface area contributed by atoms with Crippen LogP contribution in [0.4, 0.5) is 5.69 Å². The Balaban J connectivity index is 1.31. The van der Waals surface area contributed by atoms with Crippen LogP contribution in [0.15, 0.2) is 59.9 Å². The van der Waals surface area contributed by atoms with Gasteiger partial charge in [0.15, 0.2) is 11.3 Å². The maximum Gasteiger partial charge on any atom is 0.345 e. The number of aromatic nitrogens is 2. The predicted octanol–water partition coefficient (Wildman–Crippen LogP) is 3.69. The molecule has 0 atom stereocenters. The van der Waals surface area contributed by atoms with Crippen molar-refractivity contribution in [2.24, 2.45) is 0 Å². The van der Waals surface area contributed by atoms with E-state index in [0.29, 0.717) is 23.5 Å². The van der Waals surface area contributed by atoms with E-state index in [0.717, 1.165) is 36.3 Å². The number of allylic oxidation sites excluding steroid dienone is 1. The van der Waals surface area contributed by atoms with Crippen LogP contribution in [0.3, 0.4) is 0 Å². The van der Waals surface area contributed by atoms with Crippen molar-refractivity contribution in [3.63, 3.8) is 0 Å². The lowest BCUT2D eigenvalue weighted by Gasteiger charge is -2.16. The molecule has 9 nitrogen and oxygen atoms in total. The molecule has 2 aliphatic rings. The van der Waals surface area contributed by atoms with Crippen molar-refractivity contribution in [3.05, 3.63) is 71.1 Å². The lowest BCUT2D eigenvalue weighted by molar-refractivity contribution is -0.134. The van der Waals surface area contributed by atoms with Gasteiger partial charge in [-0.05, 0) is 74.8 Å². The minimum atomic E-state index is -1.36. The summed E-state index contributed by atoms with van der Waals surface area (Å²) in [4.78, 5) is 34.4. The Morgan fingerprint density at radius 3 is 2.91 bits per heavy atom. The van der Waals surface area contributed by atoms with Crippen LogP contribution in [0.1, 0.15) is 24.0 Å². The molecule has 180 valence electrons. The third-order valence-electron chi connectivity index (χ3n) is 6.19. The van der Waals surface area contributed by atoms with Crippen LogP contribution in [0, 0.1) is 6.92 Å². The molecule has 2 aliphatic heterocycles. The van der Waals surface area contributed by atoms with E-state index in [1.165, 1.54) is 18.9 Å². The fraction of sp³-hybridized carbons (Fsp3) is 0.269. The van der Waals surface area contributed by atoms with Crippen molar-refractivity contribution in [2.45, 2.75) is 19.8 Å². The number of ketones is 1. The zero-order chi connectivity index (χ0) is 24.4. The van der Waals surface area contributed by atoms with Crippen molar-refractivity contribution in [2.75, 3.05) is 31.6 Å². The summed E-state index contributed by atoms with van der Waals surface area (Å²) in [6.07, 6.45) is 7.36. The van der Waals surface area contributed by atoms with E-state index in [-0.39, 0.29) is 11.6 Å². The number of nitrogens with zero attached hydrogens (tertiary/aromatic N) is 2. The van der Waals surface area contributed by atoms with Gasteiger partial charge in [-0.25, -0.2) is 9.78 Å². The van der Waals surface area contributed by atoms with Crippen molar-refractivity contribution >= 4 is 34.5 Å². The number of carbonyl (C=O) groups excluding carboxylic acids is 1. The van der Waals surface area contributed by atoms with Crippen molar-refractivity contribution in [1.29, 1.82) is 0 Å². The normalized spacial score (nSPS) is 17.4. The summed E-state index contributed by atoms with van der Waals surface area (Å²) >= 11 is 0. The Kier molecular flexibility index (Phi) is 6.24. The summed E-state index contributed by atoms with van der Waals surface area (Å²) in [7, 11) is 0.